The highest BCUT2D eigenvalue weighted by atomic mass is 35.5. The molecule has 4 aromatic rings. The Morgan fingerprint density at radius 2 is 1.68 bits per heavy atom. The number of benzene rings is 3. The molecule has 1 fully saturated rings. The summed E-state index contributed by atoms with van der Waals surface area (Å²) < 4.78 is 14.1. The first-order valence-electron chi connectivity index (χ1n) is 13.1. The molecule has 1 N–H and O–H groups in total. The number of aliphatic hydroxyl groups excluding tert-OH is 1. The second-order valence-electron chi connectivity index (χ2n) is 9.94. The number of para-hydroxylation sites is 2. The van der Waals surface area contributed by atoms with Crippen LogP contribution in [0.2, 0.25) is 5.02 Å². The second-order valence-corrected chi connectivity index (χ2v) is 10.3. The Hall–Kier alpha value is -3.16. The normalized spacial score (nSPS) is 14.1. The SMILES string of the molecule is Cc1nn(-c2ccccc2)c(Oc2ccccc2Cl)c1CN(CC(O)COCc1ccccc1)CC1CC1. The average molecular weight is 532 g/mol. The largest absolute Gasteiger partial charge is 0.437 e. The Labute approximate surface area is 229 Å². The van der Waals surface area contributed by atoms with Gasteiger partial charge in [-0.25, -0.2) is 4.68 Å². The van der Waals surface area contributed by atoms with Crippen molar-refractivity contribution in [1.29, 1.82) is 0 Å². The lowest BCUT2D eigenvalue weighted by Gasteiger charge is -2.25. The predicted octanol–water partition coefficient (Wildman–Crippen LogP) is 6.42. The van der Waals surface area contributed by atoms with Gasteiger partial charge in [0.05, 0.1) is 41.3 Å². The first-order chi connectivity index (χ1) is 18.6. The summed E-state index contributed by atoms with van der Waals surface area (Å²) in [7, 11) is 0. The smallest absolute Gasteiger partial charge is 0.227 e. The zero-order valence-electron chi connectivity index (χ0n) is 21.7. The topological polar surface area (TPSA) is 59.8 Å². The van der Waals surface area contributed by atoms with Crippen LogP contribution in [0, 0.1) is 12.8 Å². The van der Waals surface area contributed by atoms with E-state index < -0.39 is 6.10 Å². The number of aromatic nitrogens is 2. The van der Waals surface area contributed by atoms with Crippen molar-refractivity contribution in [1.82, 2.24) is 14.7 Å². The molecule has 5 rings (SSSR count). The summed E-state index contributed by atoms with van der Waals surface area (Å²) >= 11 is 6.46. The summed E-state index contributed by atoms with van der Waals surface area (Å²) in [6, 6.07) is 27.4. The maximum Gasteiger partial charge on any atom is 0.227 e. The van der Waals surface area contributed by atoms with Gasteiger partial charge < -0.3 is 14.6 Å². The van der Waals surface area contributed by atoms with Crippen LogP contribution >= 0.6 is 11.6 Å². The minimum absolute atomic E-state index is 0.279. The van der Waals surface area contributed by atoms with Crippen LogP contribution in [0.15, 0.2) is 84.9 Å². The van der Waals surface area contributed by atoms with Crippen LogP contribution in [0.1, 0.15) is 29.7 Å². The molecule has 1 aliphatic carbocycles. The summed E-state index contributed by atoms with van der Waals surface area (Å²) in [6.45, 7) is 4.79. The maximum absolute atomic E-state index is 10.9. The summed E-state index contributed by atoms with van der Waals surface area (Å²) in [5.41, 5.74) is 3.87. The Bertz CT molecular complexity index is 1310. The lowest BCUT2D eigenvalue weighted by atomic mass is 10.2. The molecule has 6 nitrogen and oxygen atoms in total. The molecule has 1 heterocycles. The molecule has 1 unspecified atom stereocenters. The summed E-state index contributed by atoms with van der Waals surface area (Å²) in [6.07, 6.45) is 1.85. The van der Waals surface area contributed by atoms with E-state index in [1.54, 1.807) is 0 Å². The molecule has 1 atom stereocenters. The standard InChI is InChI=1S/C31H34ClN3O3/c1-23-28(20-34(18-24-16-17-24)19-27(36)22-37-21-25-10-4-2-5-11-25)31(38-30-15-9-8-14-29(30)32)35(33-23)26-12-6-3-7-13-26/h2-15,24,27,36H,16-22H2,1H3. The first kappa shape index (κ1) is 26.4. The van der Waals surface area contributed by atoms with Gasteiger partial charge in [-0.05, 0) is 55.5 Å². The summed E-state index contributed by atoms with van der Waals surface area (Å²) in [5.74, 6) is 1.87. The lowest BCUT2D eigenvalue weighted by Crippen LogP contribution is -2.36. The van der Waals surface area contributed by atoms with Gasteiger partial charge in [0.2, 0.25) is 5.88 Å². The maximum atomic E-state index is 10.9. The van der Waals surface area contributed by atoms with Gasteiger partial charge >= 0.3 is 0 Å². The zero-order valence-corrected chi connectivity index (χ0v) is 22.4. The molecule has 1 aliphatic rings. The van der Waals surface area contributed by atoms with Gasteiger partial charge in [-0.15, -0.1) is 0 Å². The van der Waals surface area contributed by atoms with Crippen LogP contribution in [0.5, 0.6) is 11.6 Å². The number of nitrogens with zero attached hydrogens (tertiary/aromatic N) is 3. The van der Waals surface area contributed by atoms with E-state index in [-0.39, 0.29) is 6.61 Å². The van der Waals surface area contributed by atoms with E-state index in [4.69, 9.17) is 26.2 Å². The monoisotopic (exact) mass is 531 g/mol. The van der Waals surface area contributed by atoms with E-state index in [1.165, 1.54) is 12.8 Å². The Morgan fingerprint density at radius 1 is 1.00 bits per heavy atom. The molecule has 3 aromatic carbocycles. The number of rotatable bonds is 13. The summed E-state index contributed by atoms with van der Waals surface area (Å²) in [4.78, 5) is 2.30. The third-order valence-corrected chi connectivity index (χ3v) is 6.98. The Kier molecular flexibility index (Phi) is 8.76. The van der Waals surface area contributed by atoms with E-state index in [0.29, 0.717) is 42.3 Å². The lowest BCUT2D eigenvalue weighted by molar-refractivity contribution is 0.00769. The fourth-order valence-electron chi connectivity index (χ4n) is 4.53. The number of hydrogen-bond donors (Lipinski definition) is 1. The molecule has 38 heavy (non-hydrogen) atoms. The number of ether oxygens (including phenoxy) is 2. The zero-order chi connectivity index (χ0) is 26.3. The molecule has 1 aromatic heterocycles. The van der Waals surface area contributed by atoms with Crippen molar-refractivity contribution in [3.8, 4) is 17.3 Å². The molecule has 1 saturated carbocycles. The highest BCUT2D eigenvalue weighted by molar-refractivity contribution is 6.32. The minimum Gasteiger partial charge on any atom is -0.437 e. The number of aryl methyl sites for hydroxylation is 1. The molecule has 198 valence electrons. The van der Waals surface area contributed by atoms with E-state index in [9.17, 15) is 5.11 Å². The quantitative estimate of drug-likeness (QED) is 0.216. The summed E-state index contributed by atoms with van der Waals surface area (Å²) in [5, 5.41) is 16.3. The molecule has 0 bridgehead atoms. The molecule has 0 amide bonds. The van der Waals surface area contributed by atoms with Crippen LogP contribution in [0.25, 0.3) is 5.69 Å². The van der Waals surface area contributed by atoms with Crippen molar-refractivity contribution in [3.63, 3.8) is 0 Å². The number of hydrogen-bond acceptors (Lipinski definition) is 5. The Balaban J connectivity index is 1.35. The minimum atomic E-state index is -0.602. The van der Waals surface area contributed by atoms with E-state index in [0.717, 1.165) is 29.1 Å². The van der Waals surface area contributed by atoms with Crippen LogP contribution in [-0.2, 0) is 17.9 Å². The third-order valence-electron chi connectivity index (χ3n) is 6.67. The van der Waals surface area contributed by atoms with Gasteiger partial charge in [-0.3, -0.25) is 4.90 Å². The molecular weight excluding hydrogens is 498 g/mol. The fraction of sp³-hybridized carbons (Fsp3) is 0.323. The van der Waals surface area contributed by atoms with Crippen molar-refractivity contribution >= 4 is 11.6 Å². The second kappa shape index (κ2) is 12.6. The number of aliphatic hydroxyl groups is 1. The van der Waals surface area contributed by atoms with Gasteiger partial charge in [0.25, 0.3) is 0 Å². The molecule has 7 heteroatoms. The van der Waals surface area contributed by atoms with E-state index in [1.807, 2.05) is 96.5 Å². The molecular formula is C31H34ClN3O3. The van der Waals surface area contributed by atoms with E-state index in [2.05, 4.69) is 4.90 Å². The first-order valence-corrected chi connectivity index (χ1v) is 13.5. The van der Waals surface area contributed by atoms with Crippen molar-refractivity contribution in [3.05, 3.63) is 107 Å². The van der Waals surface area contributed by atoms with Crippen molar-refractivity contribution in [2.45, 2.75) is 39.0 Å². The third kappa shape index (κ3) is 7.03. The molecule has 0 aliphatic heterocycles. The van der Waals surface area contributed by atoms with Crippen molar-refractivity contribution in [2.24, 2.45) is 5.92 Å². The van der Waals surface area contributed by atoms with Crippen LogP contribution in [0.3, 0.4) is 0 Å². The van der Waals surface area contributed by atoms with Gasteiger partial charge in [0, 0.05) is 19.6 Å². The van der Waals surface area contributed by atoms with Gasteiger partial charge in [0.15, 0.2) is 0 Å². The Morgan fingerprint density at radius 3 is 2.39 bits per heavy atom. The molecule has 0 radical (unpaired) electrons. The van der Waals surface area contributed by atoms with Gasteiger partial charge in [0.1, 0.15) is 5.75 Å². The molecule has 0 spiro atoms. The fourth-order valence-corrected chi connectivity index (χ4v) is 4.71. The van der Waals surface area contributed by atoms with Gasteiger partial charge in [-0.1, -0.05) is 72.3 Å². The predicted molar refractivity (Wildman–Crippen MR) is 150 cm³/mol. The van der Waals surface area contributed by atoms with Gasteiger partial charge in [-0.2, -0.15) is 5.10 Å². The van der Waals surface area contributed by atoms with Crippen molar-refractivity contribution < 1.29 is 14.6 Å². The highest BCUT2D eigenvalue weighted by Crippen LogP contribution is 2.36. The molecule has 0 saturated heterocycles. The average Bonchev–Trinajstić information content (AvgIpc) is 3.70. The van der Waals surface area contributed by atoms with Crippen molar-refractivity contribution in [2.75, 3.05) is 19.7 Å². The van der Waals surface area contributed by atoms with Crippen LogP contribution < -0.4 is 4.74 Å². The van der Waals surface area contributed by atoms with Crippen LogP contribution in [0.4, 0.5) is 0 Å². The number of halogens is 1. The highest BCUT2D eigenvalue weighted by Gasteiger charge is 2.28. The van der Waals surface area contributed by atoms with E-state index >= 15 is 0 Å². The van der Waals surface area contributed by atoms with Crippen LogP contribution in [-0.4, -0.2) is 45.6 Å².